The maximum Gasteiger partial charge on any atom is 0.309 e. The van der Waals surface area contributed by atoms with E-state index in [4.69, 9.17) is 5.11 Å². The summed E-state index contributed by atoms with van der Waals surface area (Å²) in [5.74, 6) is -0.869. The molecule has 1 fully saturated rings. The van der Waals surface area contributed by atoms with Gasteiger partial charge in [-0.05, 0) is 17.5 Å². The molecule has 0 radical (unpaired) electrons. The topological polar surface area (TPSA) is 69.6 Å². The Labute approximate surface area is 118 Å². The smallest absolute Gasteiger partial charge is 0.309 e. The van der Waals surface area contributed by atoms with Crippen LogP contribution in [-0.2, 0) is 9.59 Å². The first-order chi connectivity index (χ1) is 9.47. The average Bonchev–Trinajstić information content (AvgIpc) is 2.33. The van der Waals surface area contributed by atoms with E-state index in [1.165, 1.54) is 0 Å². The van der Waals surface area contributed by atoms with Crippen molar-refractivity contribution in [3.8, 4) is 0 Å². The lowest BCUT2D eigenvalue weighted by atomic mass is 10.0. The number of aliphatic carboxylic acids is 1. The van der Waals surface area contributed by atoms with Crippen LogP contribution in [0.15, 0.2) is 24.3 Å². The maximum atomic E-state index is 12.0. The minimum atomic E-state index is -0.785. The van der Waals surface area contributed by atoms with Crippen LogP contribution < -0.4 is 5.32 Å². The zero-order valence-electron chi connectivity index (χ0n) is 11.8. The average molecular weight is 276 g/mol. The highest BCUT2D eigenvalue weighted by atomic mass is 16.4. The van der Waals surface area contributed by atoms with E-state index in [0.717, 1.165) is 11.3 Å². The molecule has 1 saturated heterocycles. The molecule has 0 aliphatic carbocycles. The van der Waals surface area contributed by atoms with Crippen molar-refractivity contribution in [2.24, 2.45) is 5.92 Å². The second-order valence-corrected chi connectivity index (χ2v) is 5.52. The minimum Gasteiger partial charge on any atom is -0.481 e. The zero-order chi connectivity index (χ0) is 14.7. The number of benzene rings is 1. The van der Waals surface area contributed by atoms with Crippen molar-refractivity contribution in [1.82, 2.24) is 4.90 Å². The molecule has 0 saturated carbocycles. The molecule has 2 rings (SSSR count). The Hall–Kier alpha value is -1.88. The number of likely N-dealkylation sites (tertiary alicyclic amines) is 1. The quantitative estimate of drug-likeness (QED) is 0.860. The van der Waals surface area contributed by atoms with E-state index in [9.17, 15) is 9.59 Å². The van der Waals surface area contributed by atoms with E-state index < -0.39 is 5.97 Å². The highest BCUT2D eigenvalue weighted by Gasteiger charge is 2.33. The van der Waals surface area contributed by atoms with Crippen LogP contribution >= 0.6 is 0 Å². The van der Waals surface area contributed by atoms with E-state index in [1.54, 1.807) is 0 Å². The fourth-order valence-corrected chi connectivity index (χ4v) is 2.36. The summed E-state index contributed by atoms with van der Waals surface area (Å²) in [5, 5.41) is 11.7. The number of carbonyl (C=O) groups excluding carboxylic acids is 1. The molecular formula is C15H20N2O3. The maximum absolute atomic E-state index is 12.0. The molecule has 0 atom stereocenters. The number of nitrogens with zero attached hydrogens (tertiary/aromatic N) is 1. The molecule has 0 bridgehead atoms. The molecule has 0 aromatic heterocycles. The summed E-state index contributed by atoms with van der Waals surface area (Å²) >= 11 is 0. The van der Waals surface area contributed by atoms with E-state index in [-0.39, 0.29) is 18.4 Å². The van der Waals surface area contributed by atoms with Gasteiger partial charge in [0, 0.05) is 18.8 Å². The van der Waals surface area contributed by atoms with Crippen LogP contribution in [0.4, 0.5) is 5.69 Å². The van der Waals surface area contributed by atoms with Gasteiger partial charge in [-0.15, -0.1) is 0 Å². The first kappa shape index (κ1) is 14.5. The van der Waals surface area contributed by atoms with Crippen molar-refractivity contribution in [2.45, 2.75) is 19.8 Å². The number of carboxylic acids is 1. The van der Waals surface area contributed by atoms with Crippen LogP contribution in [0.1, 0.15) is 25.3 Å². The fraction of sp³-hybridized carbons (Fsp3) is 0.467. The summed E-state index contributed by atoms with van der Waals surface area (Å²) in [4.78, 5) is 24.5. The van der Waals surface area contributed by atoms with Gasteiger partial charge in [0.1, 0.15) is 0 Å². The molecule has 1 aromatic carbocycles. The van der Waals surface area contributed by atoms with Gasteiger partial charge in [0.2, 0.25) is 5.91 Å². The number of nitrogens with one attached hydrogen (secondary N) is 1. The molecule has 1 aliphatic heterocycles. The lowest BCUT2D eigenvalue weighted by Gasteiger charge is -2.35. The van der Waals surface area contributed by atoms with Crippen LogP contribution in [0.3, 0.4) is 0 Å². The van der Waals surface area contributed by atoms with Crippen LogP contribution in [0.5, 0.6) is 0 Å². The summed E-state index contributed by atoms with van der Waals surface area (Å²) < 4.78 is 0. The molecule has 5 nitrogen and oxygen atoms in total. The Morgan fingerprint density at radius 1 is 1.35 bits per heavy atom. The summed E-state index contributed by atoms with van der Waals surface area (Å²) in [6, 6.07) is 7.75. The number of carbonyl (C=O) groups is 2. The van der Waals surface area contributed by atoms with E-state index in [2.05, 4.69) is 19.2 Å². The summed E-state index contributed by atoms with van der Waals surface area (Å²) in [5.41, 5.74) is 1.94. The molecular weight excluding hydrogens is 256 g/mol. The van der Waals surface area contributed by atoms with Gasteiger partial charge in [-0.1, -0.05) is 32.0 Å². The number of hydrogen-bond donors (Lipinski definition) is 2. The van der Waals surface area contributed by atoms with Crippen molar-refractivity contribution >= 4 is 17.6 Å². The van der Waals surface area contributed by atoms with Crippen LogP contribution in [-0.4, -0.2) is 41.5 Å². The van der Waals surface area contributed by atoms with E-state index in [0.29, 0.717) is 19.0 Å². The zero-order valence-corrected chi connectivity index (χ0v) is 11.8. The number of para-hydroxylation sites is 1. The van der Waals surface area contributed by atoms with Gasteiger partial charge in [-0.2, -0.15) is 0 Å². The highest BCUT2D eigenvalue weighted by Crippen LogP contribution is 2.24. The molecule has 0 unspecified atom stereocenters. The first-order valence-corrected chi connectivity index (χ1v) is 6.81. The SMILES string of the molecule is CC(C)c1ccccc1NC(=O)CN1CC(C(=O)O)C1. The predicted octanol–water partition coefficient (Wildman–Crippen LogP) is 1.76. The summed E-state index contributed by atoms with van der Waals surface area (Å²) in [6.45, 7) is 5.31. The van der Waals surface area contributed by atoms with Gasteiger partial charge >= 0.3 is 5.97 Å². The highest BCUT2D eigenvalue weighted by molar-refractivity contribution is 5.93. The number of carboxylic acid groups (broad SMARTS) is 1. The van der Waals surface area contributed by atoms with Crippen molar-refractivity contribution in [1.29, 1.82) is 0 Å². The van der Waals surface area contributed by atoms with Gasteiger partial charge in [0.15, 0.2) is 0 Å². The number of rotatable bonds is 5. The van der Waals surface area contributed by atoms with Crippen molar-refractivity contribution < 1.29 is 14.7 Å². The summed E-state index contributed by atoms with van der Waals surface area (Å²) in [7, 11) is 0. The Balaban J connectivity index is 1.88. The van der Waals surface area contributed by atoms with Gasteiger partial charge in [-0.25, -0.2) is 0 Å². The number of hydrogen-bond acceptors (Lipinski definition) is 3. The van der Waals surface area contributed by atoms with Crippen molar-refractivity contribution in [3.63, 3.8) is 0 Å². The molecule has 20 heavy (non-hydrogen) atoms. The van der Waals surface area contributed by atoms with Gasteiger partial charge in [0.25, 0.3) is 0 Å². The Morgan fingerprint density at radius 3 is 2.60 bits per heavy atom. The van der Waals surface area contributed by atoms with Crippen molar-refractivity contribution in [3.05, 3.63) is 29.8 Å². The lowest BCUT2D eigenvalue weighted by Crippen LogP contribution is -2.52. The molecule has 1 aromatic rings. The first-order valence-electron chi connectivity index (χ1n) is 6.81. The standard InChI is InChI=1S/C15H20N2O3/c1-10(2)12-5-3-4-6-13(12)16-14(18)9-17-7-11(8-17)15(19)20/h3-6,10-11H,7-9H2,1-2H3,(H,16,18)(H,19,20). The Bertz CT molecular complexity index is 508. The molecule has 108 valence electrons. The Morgan fingerprint density at radius 2 is 2.00 bits per heavy atom. The van der Waals surface area contributed by atoms with Crippen LogP contribution in [0.25, 0.3) is 0 Å². The number of amides is 1. The fourth-order valence-electron chi connectivity index (χ4n) is 2.36. The molecule has 5 heteroatoms. The van der Waals surface area contributed by atoms with Gasteiger partial charge < -0.3 is 10.4 Å². The Kier molecular flexibility index (Phi) is 4.39. The van der Waals surface area contributed by atoms with Gasteiger partial charge in [-0.3, -0.25) is 14.5 Å². The van der Waals surface area contributed by atoms with Crippen LogP contribution in [0.2, 0.25) is 0 Å². The van der Waals surface area contributed by atoms with E-state index in [1.807, 2.05) is 29.2 Å². The summed E-state index contributed by atoms with van der Waals surface area (Å²) in [6.07, 6.45) is 0. The molecule has 1 aliphatic rings. The minimum absolute atomic E-state index is 0.0954. The lowest BCUT2D eigenvalue weighted by molar-refractivity contribution is -0.148. The second-order valence-electron chi connectivity index (χ2n) is 5.52. The van der Waals surface area contributed by atoms with Crippen molar-refractivity contribution in [2.75, 3.05) is 25.0 Å². The molecule has 1 heterocycles. The normalized spacial score (nSPS) is 15.9. The van der Waals surface area contributed by atoms with Gasteiger partial charge in [0.05, 0.1) is 12.5 Å². The molecule has 0 spiro atoms. The van der Waals surface area contributed by atoms with E-state index >= 15 is 0 Å². The monoisotopic (exact) mass is 276 g/mol. The number of anilines is 1. The molecule has 2 N–H and O–H groups in total. The largest absolute Gasteiger partial charge is 0.481 e. The third-order valence-corrected chi connectivity index (χ3v) is 3.53. The van der Waals surface area contributed by atoms with Crippen LogP contribution in [0, 0.1) is 5.92 Å². The third kappa shape index (κ3) is 3.36. The second kappa shape index (κ2) is 6.05. The predicted molar refractivity (Wildman–Crippen MR) is 76.7 cm³/mol. The molecule has 1 amide bonds. The third-order valence-electron chi connectivity index (χ3n) is 3.53.